The van der Waals surface area contributed by atoms with Crippen LogP contribution in [-0.2, 0) is 65.4 Å². The molecule has 0 amide bonds. The second-order valence-corrected chi connectivity index (χ2v) is 29.5. The molecule has 0 aliphatic rings. The monoisotopic (exact) mass is 1470 g/mol. The molecule has 17 nitrogen and oxygen atoms in total. The third-order valence-electron chi connectivity index (χ3n) is 16.8. The van der Waals surface area contributed by atoms with Crippen molar-refractivity contribution in [3.05, 3.63) is 109 Å². The van der Waals surface area contributed by atoms with Gasteiger partial charge in [-0.25, -0.2) is 9.13 Å². The Bertz CT molecular complexity index is 2360. The zero-order chi connectivity index (χ0) is 74.6. The summed E-state index contributed by atoms with van der Waals surface area (Å²) < 4.78 is 68.5. The van der Waals surface area contributed by atoms with Gasteiger partial charge in [-0.3, -0.25) is 37.3 Å². The third kappa shape index (κ3) is 74.0. The van der Waals surface area contributed by atoms with E-state index in [-0.39, 0.29) is 25.7 Å². The molecule has 0 rings (SSSR count). The van der Waals surface area contributed by atoms with E-state index in [0.29, 0.717) is 32.1 Å². The maximum Gasteiger partial charge on any atom is 0.472 e. The molecular weight excluding hydrogens is 1330 g/mol. The van der Waals surface area contributed by atoms with Crippen molar-refractivity contribution < 1.29 is 80.2 Å². The highest BCUT2D eigenvalue weighted by Crippen LogP contribution is 2.45. The number of phosphoric ester groups is 2. The summed E-state index contributed by atoms with van der Waals surface area (Å²) in [6, 6.07) is 0. The predicted molar refractivity (Wildman–Crippen MR) is 418 cm³/mol. The van der Waals surface area contributed by atoms with Crippen LogP contribution in [0.15, 0.2) is 109 Å². The Morgan fingerprint density at radius 3 is 0.843 bits per heavy atom. The largest absolute Gasteiger partial charge is 0.472 e. The van der Waals surface area contributed by atoms with Gasteiger partial charge >= 0.3 is 39.5 Å². The SMILES string of the molecule is CC/C=C\C/C=C\C/C=C\C/C=C\C/C=C\CCCCCC(=O)OC[C@H](COP(=O)(O)OC[C@@H](O)COP(=O)(O)OC[C@@H](COC(=O)CCC/C=C\C/C=C\C/C=C\C/C=C\CCCCC)OC(=O)CCCCCCCCCCCCCCC)OC(=O)CCCCCCCCCCCCCCC. The number of carbonyl (C=O) groups excluding carboxylic acids is 4. The first-order valence-corrected chi connectivity index (χ1v) is 43.1. The molecule has 0 aromatic rings. The Morgan fingerprint density at radius 2 is 0.520 bits per heavy atom. The first-order valence-electron chi connectivity index (χ1n) is 40.1. The van der Waals surface area contributed by atoms with Crippen LogP contribution in [0.5, 0.6) is 0 Å². The van der Waals surface area contributed by atoms with Crippen LogP contribution in [0.2, 0.25) is 0 Å². The first-order chi connectivity index (χ1) is 49.7. The minimum absolute atomic E-state index is 0.0856. The number of rotatable bonds is 75. The highest BCUT2D eigenvalue weighted by Gasteiger charge is 2.30. The maximum absolute atomic E-state index is 13.1. The molecule has 0 aliphatic carbocycles. The Labute approximate surface area is 619 Å². The fourth-order valence-corrected chi connectivity index (χ4v) is 12.2. The van der Waals surface area contributed by atoms with Crippen LogP contribution < -0.4 is 0 Å². The topological polar surface area (TPSA) is 237 Å². The van der Waals surface area contributed by atoms with Crippen LogP contribution in [0.25, 0.3) is 0 Å². The zero-order valence-corrected chi connectivity index (χ0v) is 66.0. The molecule has 0 fully saturated rings. The molecule has 0 aromatic carbocycles. The Morgan fingerprint density at radius 1 is 0.284 bits per heavy atom. The van der Waals surface area contributed by atoms with E-state index in [9.17, 15) is 43.2 Å². The number of ether oxygens (including phenoxy) is 4. The van der Waals surface area contributed by atoms with Crippen molar-refractivity contribution in [1.82, 2.24) is 0 Å². The Hall–Kier alpha value is -4.28. The average Bonchev–Trinajstić information content (AvgIpc) is 0.909. The fraction of sp³-hybridized carbons (Fsp3) is 0.735. The van der Waals surface area contributed by atoms with Gasteiger partial charge in [-0.05, 0) is 109 Å². The Kier molecular flexibility index (Phi) is 71.8. The molecule has 0 saturated carbocycles. The summed E-state index contributed by atoms with van der Waals surface area (Å²) in [5.41, 5.74) is 0. The maximum atomic E-state index is 13.1. The van der Waals surface area contributed by atoms with Gasteiger partial charge in [0.1, 0.15) is 19.3 Å². The minimum Gasteiger partial charge on any atom is -0.462 e. The van der Waals surface area contributed by atoms with Gasteiger partial charge in [0.2, 0.25) is 0 Å². The van der Waals surface area contributed by atoms with E-state index in [4.69, 9.17) is 37.0 Å². The van der Waals surface area contributed by atoms with Gasteiger partial charge in [0.25, 0.3) is 0 Å². The summed E-state index contributed by atoms with van der Waals surface area (Å²) in [7, 11) is -9.97. The van der Waals surface area contributed by atoms with Gasteiger partial charge < -0.3 is 33.8 Å². The summed E-state index contributed by atoms with van der Waals surface area (Å²) in [5, 5.41) is 10.6. The van der Waals surface area contributed by atoms with E-state index in [1.165, 1.54) is 122 Å². The molecule has 0 heterocycles. The average molecular weight is 1480 g/mol. The highest BCUT2D eigenvalue weighted by molar-refractivity contribution is 7.47. The van der Waals surface area contributed by atoms with Crippen molar-refractivity contribution in [2.75, 3.05) is 39.6 Å². The van der Waals surface area contributed by atoms with Crippen LogP contribution in [0.1, 0.15) is 336 Å². The smallest absolute Gasteiger partial charge is 0.462 e. The van der Waals surface area contributed by atoms with Gasteiger partial charge in [0.05, 0.1) is 26.4 Å². The third-order valence-corrected chi connectivity index (χ3v) is 18.7. The van der Waals surface area contributed by atoms with Gasteiger partial charge in [-0.15, -0.1) is 0 Å². The molecule has 2 unspecified atom stereocenters. The normalized spacial score (nSPS) is 14.5. The fourth-order valence-electron chi connectivity index (χ4n) is 10.7. The van der Waals surface area contributed by atoms with Gasteiger partial charge in [0, 0.05) is 25.7 Å². The second-order valence-electron chi connectivity index (χ2n) is 26.6. The number of aliphatic hydroxyl groups is 1. The first kappa shape index (κ1) is 97.7. The lowest BCUT2D eigenvalue weighted by Gasteiger charge is -2.21. The van der Waals surface area contributed by atoms with Crippen LogP contribution in [0, 0.1) is 0 Å². The van der Waals surface area contributed by atoms with Crippen LogP contribution in [-0.4, -0.2) is 96.7 Å². The van der Waals surface area contributed by atoms with E-state index < -0.39 is 97.5 Å². The standard InChI is InChI=1S/C83H144O17P2/c1-5-9-13-17-21-25-29-33-35-37-38-40-42-46-48-52-56-60-64-68-81(86)94-74-79(100-83(88)70-66-62-58-54-50-44-32-28-24-20-16-12-8-4)76-98-102(91,92)96-72-77(84)71-95-101(89,90)97-75-78(99-82(87)69-65-61-57-53-49-43-31-27-23-19-15-11-7-3)73-93-80(85)67-63-59-55-51-47-45-41-39-36-34-30-26-22-18-14-10-6-2/h9,13,21-22,25-26,33-36,38,40-41,45-46,48,51,55,77-79,84H,5-8,10-12,14-20,23-24,27-32,37,39,42-44,47,49-50,52-54,56-76H2,1-4H3,(H,89,90)(H,91,92)/b13-9-,25-21-,26-22-,35-33-,36-34-,40-38-,45-41-,48-46-,55-51-/t77-,78+,79+/m0/s1. The number of unbranched alkanes of at least 4 members (excludes halogenated alkanes) is 31. The van der Waals surface area contributed by atoms with Crippen molar-refractivity contribution in [3.63, 3.8) is 0 Å². The van der Waals surface area contributed by atoms with E-state index in [1.807, 2.05) is 12.2 Å². The number of hydrogen-bond acceptors (Lipinski definition) is 15. The lowest BCUT2D eigenvalue weighted by Crippen LogP contribution is -2.30. The molecule has 102 heavy (non-hydrogen) atoms. The molecule has 0 aromatic heterocycles. The summed E-state index contributed by atoms with van der Waals surface area (Å²) in [4.78, 5) is 73.0. The van der Waals surface area contributed by atoms with Crippen LogP contribution >= 0.6 is 15.6 Å². The van der Waals surface area contributed by atoms with Gasteiger partial charge in [0.15, 0.2) is 12.2 Å². The molecule has 0 aliphatic heterocycles. The minimum atomic E-state index is -4.99. The van der Waals surface area contributed by atoms with E-state index in [0.717, 1.165) is 128 Å². The summed E-state index contributed by atoms with van der Waals surface area (Å²) >= 11 is 0. The van der Waals surface area contributed by atoms with Crippen molar-refractivity contribution in [1.29, 1.82) is 0 Å². The highest BCUT2D eigenvalue weighted by atomic mass is 31.2. The van der Waals surface area contributed by atoms with Crippen molar-refractivity contribution in [2.45, 2.75) is 354 Å². The molecule has 19 heteroatoms. The van der Waals surface area contributed by atoms with E-state index >= 15 is 0 Å². The van der Waals surface area contributed by atoms with Crippen molar-refractivity contribution in [3.8, 4) is 0 Å². The number of hydrogen-bond donors (Lipinski definition) is 3. The van der Waals surface area contributed by atoms with Crippen LogP contribution in [0.4, 0.5) is 0 Å². The van der Waals surface area contributed by atoms with Crippen LogP contribution in [0.3, 0.4) is 0 Å². The lowest BCUT2D eigenvalue weighted by atomic mass is 10.0. The molecule has 5 atom stereocenters. The number of aliphatic hydroxyl groups excluding tert-OH is 1. The van der Waals surface area contributed by atoms with Crippen molar-refractivity contribution in [2.24, 2.45) is 0 Å². The van der Waals surface area contributed by atoms with Gasteiger partial charge in [-0.2, -0.15) is 0 Å². The number of esters is 4. The molecular formula is C83H144O17P2. The molecule has 3 N–H and O–H groups in total. The van der Waals surface area contributed by atoms with Gasteiger partial charge in [-0.1, -0.05) is 310 Å². The number of allylic oxidation sites excluding steroid dienone is 18. The molecule has 0 saturated heterocycles. The van der Waals surface area contributed by atoms with Crippen molar-refractivity contribution >= 4 is 39.5 Å². The molecule has 0 radical (unpaired) electrons. The molecule has 0 spiro atoms. The lowest BCUT2D eigenvalue weighted by molar-refractivity contribution is -0.161. The predicted octanol–water partition coefficient (Wildman–Crippen LogP) is 23.3. The van der Waals surface area contributed by atoms with E-state index in [1.54, 1.807) is 0 Å². The summed E-state index contributed by atoms with van der Waals surface area (Å²) in [6.45, 7) is 4.67. The number of phosphoric acid groups is 2. The molecule has 0 bridgehead atoms. The summed E-state index contributed by atoms with van der Waals surface area (Å²) in [6.07, 6.45) is 80.7. The number of carbonyl (C=O) groups is 4. The second kappa shape index (κ2) is 75.0. The quantitative estimate of drug-likeness (QED) is 0.0169. The zero-order valence-electron chi connectivity index (χ0n) is 64.3. The Balaban J connectivity index is 5.39. The summed E-state index contributed by atoms with van der Waals surface area (Å²) in [5.74, 6) is -2.26. The molecule has 588 valence electrons. The van der Waals surface area contributed by atoms with E-state index in [2.05, 4.69) is 125 Å².